The molecular formula is C22H29ClN4O2. The average molecular weight is 417 g/mol. The fourth-order valence-corrected chi connectivity index (χ4v) is 4.17. The molecule has 0 aliphatic carbocycles. The lowest BCUT2D eigenvalue weighted by atomic mass is 10.2. The minimum atomic E-state index is 0.292. The Labute approximate surface area is 177 Å². The molecule has 29 heavy (non-hydrogen) atoms. The minimum Gasteiger partial charge on any atom is -0.439 e. The summed E-state index contributed by atoms with van der Waals surface area (Å²) in [5.41, 5.74) is 0.977. The molecular weight excluding hydrogens is 388 g/mol. The molecule has 0 radical (unpaired) electrons. The zero-order valence-electron chi connectivity index (χ0n) is 16.9. The van der Waals surface area contributed by atoms with Gasteiger partial charge in [0, 0.05) is 49.9 Å². The molecule has 2 aliphatic rings. The smallest absolute Gasteiger partial charge is 0.236 e. The van der Waals surface area contributed by atoms with Crippen LogP contribution in [0.1, 0.15) is 31.6 Å². The lowest BCUT2D eigenvalue weighted by Gasteiger charge is -2.34. The van der Waals surface area contributed by atoms with Crippen LogP contribution in [0.15, 0.2) is 34.9 Å². The number of benzene rings is 1. The van der Waals surface area contributed by atoms with Crippen LogP contribution in [0.3, 0.4) is 0 Å². The normalized spacial score (nSPS) is 19.3. The van der Waals surface area contributed by atoms with E-state index in [-0.39, 0.29) is 0 Å². The van der Waals surface area contributed by atoms with Gasteiger partial charge in [-0.3, -0.25) is 14.6 Å². The topological polar surface area (TPSA) is 52.8 Å². The van der Waals surface area contributed by atoms with Gasteiger partial charge in [-0.1, -0.05) is 24.4 Å². The first-order chi connectivity index (χ1) is 14.2. The van der Waals surface area contributed by atoms with Crippen molar-refractivity contribution < 1.29 is 9.21 Å². The van der Waals surface area contributed by atoms with E-state index in [0.717, 1.165) is 69.3 Å². The lowest BCUT2D eigenvalue weighted by molar-refractivity contribution is -0.132. The molecule has 0 saturated carbocycles. The Morgan fingerprint density at radius 2 is 1.59 bits per heavy atom. The molecule has 1 aromatic heterocycles. The van der Waals surface area contributed by atoms with Crippen LogP contribution in [0.5, 0.6) is 0 Å². The van der Waals surface area contributed by atoms with Gasteiger partial charge in [0.2, 0.25) is 11.8 Å². The van der Waals surface area contributed by atoms with E-state index in [1.165, 1.54) is 12.8 Å². The van der Waals surface area contributed by atoms with E-state index >= 15 is 0 Å². The number of carbonyl (C=O) groups excluding carboxylic acids is 1. The van der Waals surface area contributed by atoms with E-state index < -0.39 is 0 Å². The Morgan fingerprint density at radius 3 is 2.28 bits per heavy atom. The van der Waals surface area contributed by atoms with Crippen molar-refractivity contribution in [2.45, 2.75) is 32.2 Å². The molecule has 1 aromatic carbocycles. The van der Waals surface area contributed by atoms with Crippen LogP contribution in [-0.4, -0.2) is 71.4 Å². The Bertz CT molecular complexity index is 791. The Hall–Kier alpha value is -1.89. The number of nitrogens with zero attached hydrogens (tertiary/aromatic N) is 4. The first-order valence-corrected chi connectivity index (χ1v) is 11.0. The summed E-state index contributed by atoms with van der Waals surface area (Å²) in [6.45, 7) is 6.76. The molecule has 0 N–H and O–H groups in total. The van der Waals surface area contributed by atoms with Gasteiger partial charge in [0.1, 0.15) is 0 Å². The van der Waals surface area contributed by atoms with Gasteiger partial charge in [-0.05, 0) is 37.1 Å². The van der Waals surface area contributed by atoms with Gasteiger partial charge in [-0.15, -0.1) is 0 Å². The van der Waals surface area contributed by atoms with Crippen LogP contribution in [-0.2, 0) is 11.3 Å². The van der Waals surface area contributed by atoms with Crippen LogP contribution in [0, 0.1) is 0 Å². The van der Waals surface area contributed by atoms with Crippen molar-refractivity contribution in [3.05, 3.63) is 41.4 Å². The molecule has 4 rings (SSSR count). The highest BCUT2D eigenvalue weighted by atomic mass is 35.5. The Morgan fingerprint density at radius 1 is 0.931 bits per heavy atom. The molecule has 6 nitrogen and oxygen atoms in total. The predicted molar refractivity (Wildman–Crippen MR) is 114 cm³/mol. The fraction of sp³-hybridized carbons (Fsp3) is 0.545. The number of amides is 1. The number of hydrogen-bond acceptors (Lipinski definition) is 5. The standard InChI is InChI=1S/C22H29ClN4O2/c23-19-7-5-18(6-8-19)20-15-24-21(29-20)16-25-11-13-26(14-12-25)17-22(28)27-9-3-1-2-4-10-27/h5-8,15H,1-4,9-14,16-17H2. The van der Waals surface area contributed by atoms with Crippen molar-refractivity contribution in [2.75, 3.05) is 45.8 Å². The van der Waals surface area contributed by atoms with Gasteiger partial charge >= 0.3 is 0 Å². The number of piperazine rings is 1. The second-order valence-electron chi connectivity index (χ2n) is 7.97. The number of halogens is 1. The summed E-state index contributed by atoms with van der Waals surface area (Å²) >= 11 is 5.95. The number of likely N-dealkylation sites (tertiary alicyclic amines) is 1. The Kier molecular flexibility index (Phi) is 6.85. The van der Waals surface area contributed by atoms with Gasteiger partial charge in [0.05, 0.1) is 19.3 Å². The molecule has 0 spiro atoms. The van der Waals surface area contributed by atoms with E-state index in [0.29, 0.717) is 24.0 Å². The van der Waals surface area contributed by atoms with Crippen LogP contribution >= 0.6 is 11.6 Å². The maximum atomic E-state index is 12.6. The van der Waals surface area contributed by atoms with Crippen LogP contribution in [0.25, 0.3) is 11.3 Å². The van der Waals surface area contributed by atoms with Crippen molar-refractivity contribution >= 4 is 17.5 Å². The van der Waals surface area contributed by atoms with Crippen molar-refractivity contribution in [3.63, 3.8) is 0 Å². The van der Waals surface area contributed by atoms with E-state index in [4.69, 9.17) is 16.0 Å². The molecule has 0 unspecified atom stereocenters. The minimum absolute atomic E-state index is 0.292. The predicted octanol–water partition coefficient (Wildman–Crippen LogP) is 3.52. The van der Waals surface area contributed by atoms with E-state index in [2.05, 4.69) is 19.7 Å². The zero-order chi connectivity index (χ0) is 20.1. The van der Waals surface area contributed by atoms with Gasteiger partial charge in [0.15, 0.2) is 5.76 Å². The molecule has 156 valence electrons. The van der Waals surface area contributed by atoms with Crippen LogP contribution in [0.2, 0.25) is 5.02 Å². The molecule has 2 saturated heterocycles. The molecule has 0 bridgehead atoms. The third-order valence-corrected chi connectivity index (χ3v) is 6.08. The van der Waals surface area contributed by atoms with Crippen molar-refractivity contribution in [1.29, 1.82) is 0 Å². The highest BCUT2D eigenvalue weighted by Gasteiger charge is 2.23. The summed E-state index contributed by atoms with van der Waals surface area (Å²) < 4.78 is 5.92. The maximum Gasteiger partial charge on any atom is 0.236 e. The second kappa shape index (κ2) is 9.74. The van der Waals surface area contributed by atoms with Crippen molar-refractivity contribution in [1.82, 2.24) is 19.7 Å². The number of hydrogen-bond donors (Lipinski definition) is 0. The van der Waals surface area contributed by atoms with Crippen LogP contribution in [0.4, 0.5) is 0 Å². The maximum absolute atomic E-state index is 12.6. The highest BCUT2D eigenvalue weighted by molar-refractivity contribution is 6.30. The Balaban J connectivity index is 1.24. The summed E-state index contributed by atoms with van der Waals surface area (Å²) in [4.78, 5) is 23.7. The summed E-state index contributed by atoms with van der Waals surface area (Å²) in [5, 5.41) is 0.709. The fourth-order valence-electron chi connectivity index (χ4n) is 4.04. The van der Waals surface area contributed by atoms with Crippen molar-refractivity contribution in [2.24, 2.45) is 0 Å². The first kappa shape index (κ1) is 20.4. The molecule has 1 amide bonds. The number of rotatable bonds is 5. The number of carbonyl (C=O) groups is 1. The third-order valence-electron chi connectivity index (χ3n) is 5.82. The average Bonchev–Trinajstić information content (AvgIpc) is 3.02. The second-order valence-corrected chi connectivity index (χ2v) is 8.41. The largest absolute Gasteiger partial charge is 0.439 e. The van der Waals surface area contributed by atoms with E-state index in [1.807, 2.05) is 24.3 Å². The molecule has 3 heterocycles. The number of aromatic nitrogens is 1. The van der Waals surface area contributed by atoms with Gasteiger partial charge in [-0.2, -0.15) is 0 Å². The molecule has 2 fully saturated rings. The summed E-state index contributed by atoms with van der Waals surface area (Å²) in [6.07, 6.45) is 6.57. The first-order valence-electron chi connectivity index (χ1n) is 10.6. The van der Waals surface area contributed by atoms with Gasteiger partial charge < -0.3 is 9.32 Å². The zero-order valence-corrected chi connectivity index (χ0v) is 17.6. The highest BCUT2D eigenvalue weighted by Crippen LogP contribution is 2.23. The number of oxazole rings is 1. The van der Waals surface area contributed by atoms with Crippen molar-refractivity contribution in [3.8, 4) is 11.3 Å². The van der Waals surface area contributed by atoms with Gasteiger partial charge in [0.25, 0.3) is 0 Å². The molecule has 0 atom stereocenters. The lowest BCUT2D eigenvalue weighted by Crippen LogP contribution is -2.49. The third kappa shape index (κ3) is 5.59. The molecule has 2 aliphatic heterocycles. The monoisotopic (exact) mass is 416 g/mol. The van der Waals surface area contributed by atoms with E-state index in [1.54, 1.807) is 6.20 Å². The molecule has 7 heteroatoms. The molecule has 2 aromatic rings. The summed E-state index contributed by atoms with van der Waals surface area (Å²) in [6, 6.07) is 7.58. The van der Waals surface area contributed by atoms with Crippen LogP contribution < -0.4 is 0 Å². The SMILES string of the molecule is O=C(CN1CCN(Cc2ncc(-c3ccc(Cl)cc3)o2)CC1)N1CCCCCC1. The quantitative estimate of drug-likeness (QED) is 0.746. The summed E-state index contributed by atoms with van der Waals surface area (Å²) in [5.74, 6) is 1.78. The summed E-state index contributed by atoms with van der Waals surface area (Å²) in [7, 11) is 0. The van der Waals surface area contributed by atoms with E-state index in [9.17, 15) is 4.79 Å². The van der Waals surface area contributed by atoms with Gasteiger partial charge in [-0.25, -0.2) is 4.98 Å².